The summed E-state index contributed by atoms with van der Waals surface area (Å²) in [5.41, 5.74) is -0.668. The van der Waals surface area contributed by atoms with E-state index < -0.39 is 11.6 Å². The first-order valence-electron chi connectivity index (χ1n) is 7.37. The molecule has 0 aromatic heterocycles. The van der Waals surface area contributed by atoms with Gasteiger partial charge >= 0.3 is 11.9 Å². The van der Waals surface area contributed by atoms with Gasteiger partial charge in [-0.05, 0) is 55.8 Å². The Labute approximate surface area is 118 Å². The van der Waals surface area contributed by atoms with Gasteiger partial charge in [-0.25, -0.2) is 4.79 Å². The van der Waals surface area contributed by atoms with E-state index in [1.807, 2.05) is 0 Å². The maximum Gasteiger partial charge on any atom is 0.344 e. The molecule has 0 spiro atoms. The van der Waals surface area contributed by atoms with Crippen molar-refractivity contribution in [1.82, 2.24) is 0 Å². The first-order valence-corrected chi connectivity index (χ1v) is 7.37. The van der Waals surface area contributed by atoms with Crippen molar-refractivity contribution in [1.29, 1.82) is 0 Å². The number of carbonyl (C=O) groups excluding carboxylic acids is 2. The molecule has 0 saturated heterocycles. The fourth-order valence-electron chi connectivity index (χ4n) is 5.16. The second-order valence-electron chi connectivity index (χ2n) is 7.10. The maximum absolute atomic E-state index is 11.9. The third-order valence-electron chi connectivity index (χ3n) is 5.25. The van der Waals surface area contributed by atoms with E-state index in [1.54, 1.807) is 0 Å². The molecule has 4 fully saturated rings. The summed E-state index contributed by atoms with van der Waals surface area (Å²) in [5.74, 6) is 0.216. The predicted octanol–water partition coefficient (Wildman–Crippen LogP) is 1.42. The highest BCUT2D eigenvalue weighted by Crippen LogP contribution is 2.62. The molecule has 0 unspecified atom stereocenters. The van der Waals surface area contributed by atoms with Gasteiger partial charge in [0.05, 0.1) is 19.1 Å². The number of ether oxygens (including phenoxy) is 2. The standard InChI is InChI=1S/C15H22O5/c1-19-13(17)8-20-12(16)7-14-3-10-2-11(4-14)6-15(18,5-10)9-14/h10-11,18H,2-9H2,1H3/t10-,11-,14?,15?/m1/s1. The van der Waals surface area contributed by atoms with Crippen LogP contribution in [0.4, 0.5) is 0 Å². The summed E-state index contributed by atoms with van der Waals surface area (Å²) in [7, 11) is 1.27. The predicted molar refractivity (Wildman–Crippen MR) is 69.7 cm³/mol. The molecule has 5 nitrogen and oxygen atoms in total. The van der Waals surface area contributed by atoms with E-state index in [0.29, 0.717) is 24.7 Å². The van der Waals surface area contributed by atoms with Crippen LogP contribution in [0, 0.1) is 17.3 Å². The summed E-state index contributed by atoms with van der Waals surface area (Å²) in [5, 5.41) is 10.6. The topological polar surface area (TPSA) is 72.8 Å². The van der Waals surface area contributed by atoms with Crippen molar-refractivity contribution in [3.63, 3.8) is 0 Å². The van der Waals surface area contributed by atoms with Crippen LogP contribution < -0.4 is 0 Å². The molecule has 4 bridgehead atoms. The largest absolute Gasteiger partial charge is 0.466 e. The quantitative estimate of drug-likeness (QED) is 0.790. The molecule has 0 amide bonds. The first-order chi connectivity index (χ1) is 9.42. The lowest BCUT2D eigenvalue weighted by Crippen LogP contribution is -2.56. The smallest absolute Gasteiger partial charge is 0.344 e. The van der Waals surface area contributed by atoms with Gasteiger partial charge in [-0.3, -0.25) is 4.79 Å². The first kappa shape index (κ1) is 13.9. The second kappa shape index (κ2) is 4.72. The number of aliphatic hydroxyl groups is 1. The zero-order valence-corrected chi connectivity index (χ0v) is 11.9. The van der Waals surface area contributed by atoms with Crippen LogP contribution in [0.3, 0.4) is 0 Å². The van der Waals surface area contributed by atoms with Crippen LogP contribution in [0.2, 0.25) is 0 Å². The molecular weight excluding hydrogens is 260 g/mol. The monoisotopic (exact) mass is 282 g/mol. The van der Waals surface area contributed by atoms with E-state index in [-0.39, 0.29) is 18.0 Å². The minimum absolute atomic E-state index is 0.105. The van der Waals surface area contributed by atoms with Gasteiger partial charge in [0.25, 0.3) is 0 Å². The molecule has 0 aromatic rings. The fourth-order valence-corrected chi connectivity index (χ4v) is 5.16. The average molecular weight is 282 g/mol. The summed E-state index contributed by atoms with van der Waals surface area (Å²) in [6, 6.07) is 0. The fraction of sp³-hybridized carbons (Fsp3) is 0.867. The Morgan fingerprint density at radius 3 is 2.35 bits per heavy atom. The molecular formula is C15H22O5. The lowest BCUT2D eigenvalue weighted by atomic mass is 9.47. The van der Waals surface area contributed by atoms with E-state index in [1.165, 1.54) is 13.5 Å². The molecule has 1 N–H and O–H groups in total. The van der Waals surface area contributed by atoms with Gasteiger partial charge in [0.15, 0.2) is 6.61 Å². The highest BCUT2D eigenvalue weighted by Gasteiger charge is 2.57. The van der Waals surface area contributed by atoms with E-state index >= 15 is 0 Å². The van der Waals surface area contributed by atoms with Gasteiger partial charge in [-0.1, -0.05) is 0 Å². The molecule has 4 rings (SSSR count). The molecule has 4 saturated carbocycles. The van der Waals surface area contributed by atoms with Gasteiger partial charge in [0, 0.05) is 0 Å². The lowest BCUT2D eigenvalue weighted by molar-refractivity contribution is -0.179. The van der Waals surface area contributed by atoms with E-state index in [9.17, 15) is 14.7 Å². The summed E-state index contributed by atoms with van der Waals surface area (Å²) >= 11 is 0. The van der Waals surface area contributed by atoms with Crippen molar-refractivity contribution >= 4 is 11.9 Å². The second-order valence-corrected chi connectivity index (χ2v) is 7.10. The van der Waals surface area contributed by atoms with Gasteiger partial charge < -0.3 is 14.6 Å². The molecule has 112 valence electrons. The Morgan fingerprint density at radius 1 is 1.15 bits per heavy atom. The van der Waals surface area contributed by atoms with Gasteiger partial charge in [-0.15, -0.1) is 0 Å². The summed E-state index contributed by atoms with van der Waals surface area (Å²) < 4.78 is 9.43. The maximum atomic E-state index is 11.9. The third kappa shape index (κ3) is 2.55. The number of rotatable bonds is 4. The van der Waals surface area contributed by atoms with Crippen LogP contribution in [0.1, 0.15) is 44.9 Å². The van der Waals surface area contributed by atoms with Gasteiger partial charge in [0.1, 0.15) is 0 Å². The highest BCUT2D eigenvalue weighted by molar-refractivity contribution is 5.76. The zero-order chi connectivity index (χ0) is 14.4. The van der Waals surface area contributed by atoms with Crippen LogP contribution in [0.15, 0.2) is 0 Å². The Bertz CT molecular complexity index is 416. The molecule has 5 heteroatoms. The van der Waals surface area contributed by atoms with Crippen LogP contribution in [-0.2, 0) is 19.1 Å². The van der Waals surface area contributed by atoms with E-state index in [2.05, 4.69) is 4.74 Å². The van der Waals surface area contributed by atoms with Crippen LogP contribution >= 0.6 is 0 Å². The number of carbonyl (C=O) groups is 2. The molecule has 4 aliphatic carbocycles. The van der Waals surface area contributed by atoms with Crippen molar-refractivity contribution < 1.29 is 24.2 Å². The summed E-state index contributed by atoms with van der Waals surface area (Å²) in [4.78, 5) is 22.9. The van der Waals surface area contributed by atoms with E-state index in [0.717, 1.165) is 25.7 Å². The molecule has 0 aromatic carbocycles. The average Bonchev–Trinajstić information content (AvgIpc) is 2.32. The minimum atomic E-state index is -0.563. The number of methoxy groups -OCH3 is 1. The minimum Gasteiger partial charge on any atom is -0.466 e. The van der Waals surface area contributed by atoms with Crippen molar-refractivity contribution in [2.45, 2.75) is 50.5 Å². The number of hydrogen-bond donors (Lipinski definition) is 1. The Morgan fingerprint density at radius 2 is 1.80 bits per heavy atom. The molecule has 4 aliphatic rings. The molecule has 0 heterocycles. The summed E-state index contributed by atoms with van der Waals surface area (Å²) in [6.45, 7) is -0.317. The zero-order valence-electron chi connectivity index (χ0n) is 11.9. The number of esters is 2. The molecule has 0 aliphatic heterocycles. The van der Waals surface area contributed by atoms with Crippen LogP contribution in [0.5, 0.6) is 0 Å². The summed E-state index contributed by atoms with van der Waals surface area (Å²) in [6.07, 6.45) is 6.03. The lowest BCUT2D eigenvalue weighted by Gasteiger charge is -2.60. The van der Waals surface area contributed by atoms with Crippen molar-refractivity contribution in [3.05, 3.63) is 0 Å². The molecule has 20 heavy (non-hydrogen) atoms. The van der Waals surface area contributed by atoms with Gasteiger partial charge in [0.2, 0.25) is 0 Å². The number of hydrogen-bond acceptors (Lipinski definition) is 5. The van der Waals surface area contributed by atoms with Crippen molar-refractivity contribution in [2.24, 2.45) is 17.3 Å². The van der Waals surface area contributed by atoms with Crippen molar-refractivity contribution in [2.75, 3.05) is 13.7 Å². The highest BCUT2D eigenvalue weighted by atomic mass is 16.6. The molecule has 2 atom stereocenters. The third-order valence-corrected chi connectivity index (χ3v) is 5.25. The Balaban J connectivity index is 1.62. The van der Waals surface area contributed by atoms with Gasteiger partial charge in [-0.2, -0.15) is 0 Å². The Hall–Kier alpha value is -1.10. The SMILES string of the molecule is COC(=O)COC(=O)CC12C[C@H]3C[C@@H](CC(O)(C3)C1)C2. The van der Waals surface area contributed by atoms with Crippen molar-refractivity contribution in [3.8, 4) is 0 Å². The molecule has 0 radical (unpaired) electrons. The van der Waals surface area contributed by atoms with E-state index in [4.69, 9.17) is 4.74 Å². The van der Waals surface area contributed by atoms with Crippen LogP contribution in [0.25, 0.3) is 0 Å². The Kier molecular flexibility index (Phi) is 3.27. The van der Waals surface area contributed by atoms with Crippen LogP contribution in [-0.4, -0.2) is 36.4 Å². The normalized spacial score (nSPS) is 41.5.